The summed E-state index contributed by atoms with van der Waals surface area (Å²) < 4.78 is 1.70. The summed E-state index contributed by atoms with van der Waals surface area (Å²) in [5.41, 5.74) is 4.40. The van der Waals surface area contributed by atoms with Crippen LogP contribution in [-0.4, -0.2) is 39.7 Å². The third kappa shape index (κ3) is 2.43. The summed E-state index contributed by atoms with van der Waals surface area (Å²) >= 11 is 0. The van der Waals surface area contributed by atoms with Gasteiger partial charge in [0.1, 0.15) is 0 Å². The van der Waals surface area contributed by atoms with Crippen LogP contribution in [0, 0.1) is 0 Å². The second-order valence-corrected chi connectivity index (χ2v) is 7.10. The van der Waals surface area contributed by atoms with Crippen LogP contribution in [0.25, 0.3) is 22.4 Å². The molecule has 5 nitrogen and oxygen atoms in total. The van der Waals surface area contributed by atoms with Gasteiger partial charge in [0.15, 0.2) is 0 Å². The lowest BCUT2D eigenvalue weighted by atomic mass is 9.98. The van der Waals surface area contributed by atoms with Crippen molar-refractivity contribution in [3.05, 3.63) is 82.1 Å². The summed E-state index contributed by atoms with van der Waals surface area (Å²) in [5.74, 6) is -0.141. The van der Waals surface area contributed by atoms with E-state index in [4.69, 9.17) is 0 Å². The van der Waals surface area contributed by atoms with Gasteiger partial charge in [-0.3, -0.25) is 9.59 Å². The van der Waals surface area contributed by atoms with E-state index in [2.05, 4.69) is 0 Å². The number of nitrogens with zero attached hydrogens (tertiary/aromatic N) is 2. The molecule has 134 valence electrons. The highest BCUT2D eigenvalue weighted by Gasteiger charge is 2.34. The maximum Gasteiger partial charge on any atom is 0.259 e. The molecule has 2 aliphatic rings. The Labute approximate surface area is 156 Å². The normalized spacial score (nSPS) is 15.2. The van der Waals surface area contributed by atoms with E-state index < -0.39 is 6.10 Å². The zero-order valence-corrected chi connectivity index (χ0v) is 14.6. The van der Waals surface area contributed by atoms with Crippen molar-refractivity contribution in [3.63, 3.8) is 0 Å². The van der Waals surface area contributed by atoms with Crippen LogP contribution in [-0.2, 0) is 6.54 Å². The van der Waals surface area contributed by atoms with Crippen molar-refractivity contribution in [1.29, 1.82) is 0 Å². The third-order valence-electron chi connectivity index (χ3n) is 5.35. The molecule has 0 saturated carbocycles. The zero-order chi connectivity index (χ0) is 18.5. The fourth-order valence-electron chi connectivity index (χ4n) is 3.95. The molecule has 0 radical (unpaired) electrons. The predicted molar refractivity (Wildman–Crippen MR) is 103 cm³/mol. The Bertz CT molecular complexity index is 1110. The van der Waals surface area contributed by atoms with Crippen molar-refractivity contribution in [1.82, 2.24) is 9.47 Å². The number of benzene rings is 2. The molecule has 27 heavy (non-hydrogen) atoms. The Morgan fingerprint density at radius 1 is 0.963 bits per heavy atom. The van der Waals surface area contributed by atoms with Crippen molar-refractivity contribution in [2.75, 3.05) is 13.1 Å². The monoisotopic (exact) mass is 358 g/mol. The van der Waals surface area contributed by atoms with Gasteiger partial charge in [0.25, 0.3) is 11.5 Å². The molecule has 5 rings (SSSR count). The lowest BCUT2D eigenvalue weighted by Gasteiger charge is -2.36. The molecule has 1 aromatic heterocycles. The number of carbonyl (C=O) groups is 1. The molecule has 1 fully saturated rings. The average molecular weight is 358 g/mol. The van der Waals surface area contributed by atoms with E-state index in [1.165, 1.54) is 0 Å². The number of carbonyl (C=O) groups excluding carboxylic acids is 1. The lowest BCUT2D eigenvalue weighted by molar-refractivity contribution is 0.00591. The lowest BCUT2D eigenvalue weighted by Crippen LogP contribution is -2.53. The van der Waals surface area contributed by atoms with Crippen molar-refractivity contribution in [2.24, 2.45) is 0 Å². The topological polar surface area (TPSA) is 62.5 Å². The Kier molecular flexibility index (Phi) is 3.52. The van der Waals surface area contributed by atoms with Crippen LogP contribution in [0.4, 0.5) is 0 Å². The van der Waals surface area contributed by atoms with Crippen LogP contribution in [0.1, 0.15) is 15.9 Å². The number of aliphatic hydroxyl groups excluding tert-OH is 1. The summed E-state index contributed by atoms with van der Waals surface area (Å²) in [4.78, 5) is 28.0. The quantitative estimate of drug-likeness (QED) is 0.598. The molecular weight excluding hydrogens is 340 g/mol. The Balaban J connectivity index is 1.75. The number of pyridine rings is 1. The van der Waals surface area contributed by atoms with Crippen LogP contribution in [0.5, 0.6) is 0 Å². The first-order valence-corrected chi connectivity index (χ1v) is 9.02. The van der Waals surface area contributed by atoms with E-state index in [1.54, 1.807) is 15.5 Å². The van der Waals surface area contributed by atoms with E-state index >= 15 is 0 Å². The van der Waals surface area contributed by atoms with Gasteiger partial charge in [-0.1, -0.05) is 54.6 Å². The summed E-state index contributed by atoms with van der Waals surface area (Å²) in [6, 6.07) is 19.0. The minimum Gasteiger partial charge on any atom is -0.389 e. The fourth-order valence-corrected chi connectivity index (χ4v) is 3.95. The number of aliphatic hydroxyl groups is 1. The molecule has 0 bridgehead atoms. The standard InChI is InChI=1S/C22H18N2O3/c25-16-12-23(13-16)21(26)19-10-18(14-6-2-1-3-7-14)22(27)24-11-15-8-4-5-9-17(15)20(19)24/h1-10,16,25H,11-13H2. The van der Waals surface area contributed by atoms with Gasteiger partial charge in [0.2, 0.25) is 0 Å². The van der Waals surface area contributed by atoms with Gasteiger partial charge in [-0.15, -0.1) is 0 Å². The zero-order valence-electron chi connectivity index (χ0n) is 14.6. The number of aromatic nitrogens is 1. The SMILES string of the molecule is O=C(c1cc(-c2ccccc2)c(=O)n2c1-c1ccccc1C2)N1CC(O)C1. The summed E-state index contributed by atoms with van der Waals surface area (Å²) in [7, 11) is 0. The first kappa shape index (κ1) is 16.0. The largest absolute Gasteiger partial charge is 0.389 e. The molecule has 0 atom stereocenters. The minimum absolute atomic E-state index is 0.0902. The van der Waals surface area contributed by atoms with Gasteiger partial charge < -0.3 is 14.6 Å². The maximum atomic E-state index is 13.2. The third-order valence-corrected chi connectivity index (χ3v) is 5.35. The van der Waals surface area contributed by atoms with Crippen molar-refractivity contribution in [3.8, 4) is 22.4 Å². The van der Waals surface area contributed by atoms with Crippen LogP contribution in [0.2, 0.25) is 0 Å². The second kappa shape index (κ2) is 5.93. The highest BCUT2D eigenvalue weighted by Crippen LogP contribution is 2.35. The second-order valence-electron chi connectivity index (χ2n) is 7.10. The summed E-state index contributed by atoms with van der Waals surface area (Å²) in [6.07, 6.45) is -0.464. The number of fused-ring (bicyclic) bond motifs is 3. The number of hydrogen-bond acceptors (Lipinski definition) is 3. The number of β-amino-alcohol motifs (C(OH)–C–C–N with tert-alkyl or cyclic N) is 1. The van der Waals surface area contributed by atoms with Gasteiger partial charge in [0, 0.05) is 24.2 Å². The molecule has 1 amide bonds. The van der Waals surface area contributed by atoms with Gasteiger partial charge in [0.05, 0.1) is 23.9 Å². The van der Waals surface area contributed by atoms with Crippen LogP contribution in [0.15, 0.2) is 65.5 Å². The number of amides is 1. The Morgan fingerprint density at radius 3 is 2.41 bits per heavy atom. The van der Waals surface area contributed by atoms with Gasteiger partial charge in [-0.25, -0.2) is 0 Å². The Morgan fingerprint density at radius 2 is 1.67 bits per heavy atom. The highest BCUT2D eigenvalue weighted by atomic mass is 16.3. The number of rotatable bonds is 2. The highest BCUT2D eigenvalue weighted by molar-refractivity contribution is 6.02. The molecule has 0 aliphatic carbocycles. The number of likely N-dealkylation sites (tertiary alicyclic amines) is 1. The summed E-state index contributed by atoms with van der Waals surface area (Å²) in [5, 5.41) is 9.59. The minimum atomic E-state index is -0.464. The van der Waals surface area contributed by atoms with Crippen molar-refractivity contribution >= 4 is 5.91 Å². The van der Waals surface area contributed by atoms with E-state index in [0.717, 1.165) is 16.7 Å². The molecular formula is C22H18N2O3. The molecule has 1 N–H and O–H groups in total. The maximum absolute atomic E-state index is 13.2. The van der Waals surface area contributed by atoms with Crippen LogP contribution < -0.4 is 5.56 Å². The van der Waals surface area contributed by atoms with Gasteiger partial charge in [-0.2, -0.15) is 0 Å². The summed E-state index contributed by atoms with van der Waals surface area (Å²) in [6.45, 7) is 1.13. The molecule has 2 aromatic carbocycles. The average Bonchev–Trinajstić information content (AvgIpc) is 3.06. The molecule has 0 spiro atoms. The molecule has 2 aliphatic heterocycles. The van der Waals surface area contributed by atoms with E-state index in [0.29, 0.717) is 36.5 Å². The smallest absolute Gasteiger partial charge is 0.259 e. The molecule has 3 heterocycles. The van der Waals surface area contributed by atoms with Crippen molar-refractivity contribution < 1.29 is 9.90 Å². The first-order valence-electron chi connectivity index (χ1n) is 9.02. The fraction of sp³-hybridized carbons (Fsp3) is 0.182. The first-order chi connectivity index (χ1) is 13.1. The van der Waals surface area contributed by atoms with Crippen LogP contribution >= 0.6 is 0 Å². The molecule has 1 saturated heterocycles. The van der Waals surface area contributed by atoms with Gasteiger partial charge in [-0.05, 0) is 17.2 Å². The number of hydrogen-bond donors (Lipinski definition) is 1. The van der Waals surface area contributed by atoms with E-state index in [-0.39, 0.29) is 11.5 Å². The predicted octanol–water partition coefficient (Wildman–Crippen LogP) is 2.36. The molecule has 0 unspecified atom stereocenters. The van der Waals surface area contributed by atoms with Crippen LogP contribution in [0.3, 0.4) is 0 Å². The van der Waals surface area contributed by atoms with E-state index in [9.17, 15) is 14.7 Å². The van der Waals surface area contributed by atoms with Crippen molar-refractivity contribution in [2.45, 2.75) is 12.6 Å². The van der Waals surface area contributed by atoms with Gasteiger partial charge >= 0.3 is 0 Å². The van der Waals surface area contributed by atoms with E-state index in [1.807, 2.05) is 54.6 Å². The molecule has 5 heteroatoms. The molecule has 3 aromatic rings. The Hall–Kier alpha value is -3.18.